The van der Waals surface area contributed by atoms with Crippen molar-refractivity contribution in [1.29, 1.82) is 0 Å². The molecule has 0 saturated heterocycles. The van der Waals surface area contributed by atoms with Crippen LogP contribution in [0.1, 0.15) is 5.69 Å². The molecular weight excluding hydrogens is 292 g/mol. The fourth-order valence-corrected chi connectivity index (χ4v) is 2.10. The molecule has 3 aromatic heterocycles. The van der Waals surface area contributed by atoms with Crippen molar-refractivity contribution in [3.05, 3.63) is 59.1 Å². The summed E-state index contributed by atoms with van der Waals surface area (Å²) in [5, 5.41) is 3.24. The molecule has 0 spiro atoms. The Morgan fingerprint density at radius 1 is 1.17 bits per heavy atom. The molecule has 3 heterocycles. The molecule has 0 aliphatic rings. The minimum absolute atomic E-state index is 0.663. The van der Waals surface area contributed by atoms with Crippen LogP contribution < -0.4 is 5.32 Å². The number of imidazole rings is 1. The molecule has 0 radical (unpaired) electrons. The molecule has 0 aliphatic heterocycles. The predicted octanol–water partition coefficient (Wildman–Crippen LogP) is 3.10. The van der Waals surface area contributed by atoms with Gasteiger partial charge in [-0.1, -0.05) is 6.07 Å². The molecule has 3 aromatic rings. The molecular formula is C13H11BrN4. The van der Waals surface area contributed by atoms with Gasteiger partial charge >= 0.3 is 0 Å². The lowest BCUT2D eigenvalue weighted by Crippen LogP contribution is -2.00. The van der Waals surface area contributed by atoms with Crippen molar-refractivity contribution < 1.29 is 0 Å². The maximum Gasteiger partial charge on any atom is 0.137 e. The summed E-state index contributed by atoms with van der Waals surface area (Å²) in [6.45, 7) is 0.663. The van der Waals surface area contributed by atoms with Crippen LogP contribution in [-0.4, -0.2) is 14.4 Å². The van der Waals surface area contributed by atoms with Gasteiger partial charge in [0.1, 0.15) is 11.5 Å². The number of halogens is 1. The largest absolute Gasteiger partial charge is 0.364 e. The van der Waals surface area contributed by atoms with Crippen LogP contribution in [0.25, 0.3) is 5.65 Å². The summed E-state index contributed by atoms with van der Waals surface area (Å²) in [7, 11) is 0. The van der Waals surface area contributed by atoms with E-state index in [1.807, 2.05) is 47.1 Å². The molecule has 0 aliphatic carbocycles. The van der Waals surface area contributed by atoms with Gasteiger partial charge < -0.3 is 9.72 Å². The summed E-state index contributed by atoms with van der Waals surface area (Å²) in [6.07, 6.45) is 5.77. The van der Waals surface area contributed by atoms with Crippen LogP contribution in [0.5, 0.6) is 0 Å². The zero-order chi connectivity index (χ0) is 12.4. The van der Waals surface area contributed by atoms with Gasteiger partial charge in [-0.25, -0.2) is 9.97 Å². The average Bonchev–Trinajstić information content (AvgIpc) is 2.79. The van der Waals surface area contributed by atoms with Crippen molar-refractivity contribution in [3.63, 3.8) is 0 Å². The highest BCUT2D eigenvalue weighted by Crippen LogP contribution is 2.13. The molecule has 0 aromatic carbocycles. The van der Waals surface area contributed by atoms with Gasteiger partial charge in [-0.05, 0) is 40.2 Å². The molecule has 3 rings (SSSR count). The fraction of sp³-hybridized carbons (Fsp3) is 0.0769. The van der Waals surface area contributed by atoms with Gasteiger partial charge in [0.15, 0.2) is 0 Å². The molecule has 18 heavy (non-hydrogen) atoms. The Morgan fingerprint density at radius 2 is 2.11 bits per heavy atom. The van der Waals surface area contributed by atoms with Gasteiger partial charge in [0.25, 0.3) is 0 Å². The molecule has 4 nitrogen and oxygen atoms in total. The van der Waals surface area contributed by atoms with E-state index in [4.69, 9.17) is 0 Å². The summed E-state index contributed by atoms with van der Waals surface area (Å²) in [5.41, 5.74) is 1.93. The van der Waals surface area contributed by atoms with Crippen LogP contribution in [0.2, 0.25) is 0 Å². The Morgan fingerprint density at radius 3 is 2.94 bits per heavy atom. The first kappa shape index (κ1) is 11.2. The highest BCUT2D eigenvalue weighted by Gasteiger charge is 2.01. The summed E-state index contributed by atoms with van der Waals surface area (Å²) >= 11 is 3.44. The number of fused-ring (bicyclic) bond motifs is 1. The maximum atomic E-state index is 4.52. The average molecular weight is 303 g/mol. The van der Waals surface area contributed by atoms with E-state index in [1.54, 1.807) is 6.20 Å². The van der Waals surface area contributed by atoms with E-state index in [-0.39, 0.29) is 0 Å². The standard InChI is InChI=1S/C13H11BrN4/c14-10-4-5-13-17-11(9-18(13)8-10)7-16-12-3-1-2-6-15-12/h1-6,8-9H,7H2,(H,15,16). The molecule has 5 heteroatoms. The van der Waals surface area contributed by atoms with Crippen molar-refractivity contribution >= 4 is 27.4 Å². The summed E-state index contributed by atoms with van der Waals surface area (Å²) < 4.78 is 3.04. The maximum absolute atomic E-state index is 4.52. The van der Waals surface area contributed by atoms with E-state index in [9.17, 15) is 0 Å². The second-order valence-electron chi connectivity index (χ2n) is 3.91. The first-order valence-corrected chi connectivity index (χ1v) is 6.38. The lowest BCUT2D eigenvalue weighted by atomic mass is 10.4. The second kappa shape index (κ2) is 4.78. The van der Waals surface area contributed by atoms with E-state index in [2.05, 4.69) is 31.2 Å². The quantitative estimate of drug-likeness (QED) is 0.808. The number of rotatable bonds is 3. The summed E-state index contributed by atoms with van der Waals surface area (Å²) in [4.78, 5) is 8.73. The minimum atomic E-state index is 0.663. The third-order valence-electron chi connectivity index (χ3n) is 2.58. The van der Waals surface area contributed by atoms with Crippen LogP contribution in [0.3, 0.4) is 0 Å². The van der Waals surface area contributed by atoms with Gasteiger partial charge in [0, 0.05) is 23.1 Å². The number of hydrogen-bond donors (Lipinski definition) is 1. The van der Waals surface area contributed by atoms with Gasteiger partial charge in [-0.15, -0.1) is 0 Å². The van der Waals surface area contributed by atoms with E-state index in [0.29, 0.717) is 6.54 Å². The van der Waals surface area contributed by atoms with Gasteiger partial charge in [-0.2, -0.15) is 0 Å². The fourth-order valence-electron chi connectivity index (χ4n) is 1.75. The van der Waals surface area contributed by atoms with Crippen LogP contribution in [-0.2, 0) is 6.54 Å². The number of pyridine rings is 2. The third-order valence-corrected chi connectivity index (χ3v) is 3.05. The zero-order valence-corrected chi connectivity index (χ0v) is 11.1. The Balaban J connectivity index is 1.79. The number of hydrogen-bond acceptors (Lipinski definition) is 3. The normalized spacial score (nSPS) is 10.7. The van der Waals surface area contributed by atoms with Gasteiger partial charge in [0.05, 0.1) is 12.2 Å². The van der Waals surface area contributed by atoms with E-state index in [0.717, 1.165) is 21.6 Å². The Kier molecular flexibility index (Phi) is 2.98. The smallest absolute Gasteiger partial charge is 0.137 e. The number of anilines is 1. The SMILES string of the molecule is Brc1ccc2nc(CNc3ccccn3)cn2c1. The highest BCUT2D eigenvalue weighted by molar-refractivity contribution is 9.10. The monoisotopic (exact) mass is 302 g/mol. The first-order valence-electron chi connectivity index (χ1n) is 5.59. The predicted molar refractivity (Wildman–Crippen MR) is 74.5 cm³/mol. The molecule has 0 fully saturated rings. The first-order chi connectivity index (χ1) is 8.81. The molecule has 1 N–H and O–H groups in total. The lowest BCUT2D eigenvalue weighted by Gasteiger charge is -2.01. The third kappa shape index (κ3) is 2.36. The van der Waals surface area contributed by atoms with Crippen molar-refractivity contribution in [3.8, 4) is 0 Å². The molecule has 0 unspecified atom stereocenters. The van der Waals surface area contributed by atoms with Crippen LogP contribution in [0.15, 0.2) is 53.4 Å². The Bertz CT molecular complexity index is 663. The lowest BCUT2D eigenvalue weighted by molar-refractivity contribution is 1.06. The highest BCUT2D eigenvalue weighted by atomic mass is 79.9. The van der Waals surface area contributed by atoms with Crippen molar-refractivity contribution in [2.45, 2.75) is 6.54 Å². The molecule has 0 amide bonds. The van der Waals surface area contributed by atoms with Gasteiger partial charge in [0.2, 0.25) is 0 Å². The van der Waals surface area contributed by atoms with Crippen molar-refractivity contribution in [2.75, 3.05) is 5.32 Å². The summed E-state index contributed by atoms with van der Waals surface area (Å²) in [6, 6.07) is 9.75. The number of nitrogens with zero attached hydrogens (tertiary/aromatic N) is 3. The van der Waals surface area contributed by atoms with Crippen LogP contribution in [0.4, 0.5) is 5.82 Å². The molecule has 0 bridgehead atoms. The van der Waals surface area contributed by atoms with Gasteiger partial charge in [-0.3, -0.25) is 0 Å². The zero-order valence-electron chi connectivity index (χ0n) is 9.55. The van der Waals surface area contributed by atoms with E-state index in [1.165, 1.54) is 0 Å². The van der Waals surface area contributed by atoms with Crippen molar-refractivity contribution in [2.24, 2.45) is 0 Å². The number of aromatic nitrogens is 3. The van der Waals surface area contributed by atoms with Crippen LogP contribution >= 0.6 is 15.9 Å². The summed E-state index contributed by atoms with van der Waals surface area (Å²) in [5.74, 6) is 0.857. The minimum Gasteiger partial charge on any atom is -0.364 e. The topological polar surface area (TPSA) is 42.2 Å². The van der Waals surface area contributed by atoms with Crippen LogP contribution in [0, 0.1) is 0 Å². The number of nitrogens with one attached hydrogen (secondary N) is 1. The molecule has 90 valence electrons. The molecule has 0 atom stereocenters. The molecule has 0 saturated carbocycles. The van der Waals surface area contributed by atoms with E-state index >= 15 is 0 Å². The van der Waals surface area contributed by atoms with Crippen molar-refractivity contribution in [1.82, 2.24) is 14.4 Å². The Hall–Kier alpha value is -1.88. The second-order valence-corrected chi connectivity index (χ2v) is 4.83. The van der Waals surface area contributed by atoms with E-state index < -0.39 is 0 Å². The Labute approximate surface area is 113 Å².